The second kappa shape index (κ2) is 10.1. The molecule has 0 radical (unpaired) electrons. The van der Waals surface area contributed by atoms with Crippen LogP contribution in [-0.2, 0) is 16.4 Å². The van der Waals surface area contributed by atoms with Crippen molar-refractivity contribution in [3.05, 3.63) is 82.2 Å². The molecule has 0 aliphatic carbocycles. The molecule has 10 nitrogen and oxygen atoms in total. The maximum Gasteiger partial charge on any atom is 0.354 e. The van der Waals surface area contributed by atoms with Gasteiger partial charge in [-0.15, -0.1) is 4.83 Å². The highest BCUT2D eigenvalue weighted by Crippen LogP contribution is 2.34. The number of nitrogens with one attached hydrogen (secondary N) is 2. The van der Waals surface area contributed by atoms with Gasteiger partial charge in [-0.25, -0.2) is 18.4 Å². The van der Waals surface area contributed by atoms with E-state index in [1.807, 2.05) is 30.0 Å². The third kappa shape index (κ3) is 5.49. The van der Waals surface area contributed by atoms with E-state index in [9.17, 15) is 18.5 Å². The van der Waals surface area contributed by atoms with Crippen LogP contribution in [0.2, 0.25) is 0 Å². The lowest BCUT2D eigenvalue weighted by atomic mass is 9.90. The zero-order valence-corrected chi connectivity index (χ0v) is 19.5. The first-order valence-electron chi connectivity index (χ1n) is 11.0. The Morgan fingerprint density at radius 1 is 1.06 bits per heavy atom. The molecule has 34 heavy (non-hydrogen) atoms. The molecule has 178 valence electrons. The summed E-state index contributed by atoms with van der Waals surface area (Å²) in [6.07, 6.45) is 3.91. The molecule has 1 aliphatic rings. The summed E-state index contributed by atoms with van der Waals surface area (Å²) < 4.78 is 25.1. The first kappa shape index (κ1) is 23.6. The van der Waals surface area contributed by atoms with E-state index in [0.29, 0.717) is 19.0 Å². The van der Waals surface area contributed by atoms with Gasteiger partial charge in [-0.1, -0.05) is 48.0 Å². The van der Waals surface area contributed by atoms with E-state index in [1.54, 1.807) is 12.1 Å². The fourth-order valence-corrected chi connectivity index (χ4v) is 4.89. The van der Waals surface area contributed by atoms with Crippen molar-refractivity contribution >= 4 is 27.3 Å². The van der Waals surface area contributed by atoms with Crippen molar-refractivity contribution in [3.8, 4) is 0 Å². The van der Waals surface area contributed by atoms with Gasteiger partial charge in [0.2, 0.25) is 11.6 Å². The van der Waals surface area contributed by atoms with Gasteiger partial charge in [0.05, 0.1) is 9.82 Å². The number of hydrogen-bond donors (Lipinski definition) is 2. The van der Waals surface area contributed by atoms with Gasteiger partial charge in [0.1, 0.15) is 6.33 Å². The zero-order valence-electron chi connectivity index (χ0n) is 18.7. The van der Waals surface area contributed by atoms with Crippen molar-refractivity contribution in [2.24, 2.45) is 5.92 Å². The minimum atomic E-state index is -3.95. The van der Waals surface area contributed by atoms with Gasteiger partial charge in [-0.3, -0.25) is 15.5 Å². The summed E-state index contributed by atoms with van der Waals surface area (Å²) in [5.74, 6) is 0.450. The number of hydrazine groups is 1. The normalized spacial score (nSPS) is 14.7. The van der Waals surface area contributed by atoms with Crippen molar-refractivity contribution in [2.45, 2.75) is 31.1 Å². The van der Waals surface area contributed by atoms with Crippen molar-refractivity contribution in [1.29, 1.82) is 0 Å². The molecule has 0 amide bonds. The Morgan fingerprint density at radius 2 is 1.74 bits per heavy atom. The van der Waals surface area contributed by atoms with Crippen LogP contribution < -0.4 is 15.2 Å². The molecule has 1 saturated heterocycles. The van der Waals surface area contributed by atoms with Gasteiger partial charge in [0.25, 0.3) is 10.0 Å². The average molecular weight is 483 g/mol. The lowest BCUT2D eigenvalue weighted by molar-refractivity contribution is -0.383. The van der Waals surface area contributed by atoms with E-state index >= 15 is 0 Å². The lowest BCUT2D eigenvalue weighted by Crippen LogP contribution is -2.36. The van der Waals surface area contributed by atoms with Gasteiger partial charge in [-0.05, 0) is 49.8 Å². The number of nitrogens with zero attached hydrogens (tertiary/aromatic N) is 4. The van der Waals surface area contributed by atoms with Crippen LogP contribution in [-0.4, -0.2) is 36.4 Å². The van der Waals surface area contributed by atoms with Crippen molar-refractivity contribution in [3.63, 3.8) is 0 Å². The molecule has 2 N–H and O–H groups in total. The maximum atomic E-state index is 12.6. The standard InChI is InChI=1S/C23H26N6O4S/c1-17-7-9-20(10-8-17)34(32,33)27-26-22-21(29(30)31)23(25-16-24-22)28-13-11-19(12-14-28)15-18-5-3-2-4-6-18/h2-10,16,19,27H,11-15H2,1H3,(H,24,25,26). The Hall–Kier alpha value is -3.57. The number of anilines is 2. The van der Waals surface area contributed by atoms with E-state index in [-0.39, 0.29) is 22.2 Å². The monoisotopic (exact) mass is 482 g/mol. The second-order valence-electron chi connectivity index (χ2n) is 8.32. The molecule has 0 spiro atoms. The summed E-state index contributed by atoms with van der Waals surface area (Å²) in [5.41, 5.74) is 4.24. The topological polar surface area (TPSA) is 130 Å². The highest BCUT2D eigenvalue weighted by atomic mass is 32.2. The maximum absolute atomic E-state index is 12.6. The fourth-order valence-electron chi connectivity index (χ4n) is 4.05. The molecule has 2 aromatic carbocycles. The van der Waals surface area contributed by atoms with E-state index in [1.165, 1.54) is 24.0 Å². The number of aryl methyl sites for hydroxylation is 1. The molecule has 1 aliphatic heterocycles. The second-order valence-corrected chi connectivity index (χ2v) is 10.00. The SMILES string of the molecule is Cc1ccc(S(=O)(=O)NNc2ncnc(N3CCC(Cc4ccccc4)CC3)c2[N+](=O)[O-])cc1. The van der Waals surface area contributed by atoms with Crippen molar-refractivity contribution < 1.29 is 13.3 Å². The number of sulfonamides is 1. The van der Waals surface area contributed by atoms with Crippen LogP contribution in [0.1, 0.15) is 24.0 Å². The number of aromatic nitrogens is 2. The minimum absolute atomic E-state index is 0.0306. The number of nitro groups is 1. The van der Waals surface area contributed by atoms with Crippen LogP contribution in [0.15, 0.2) is 65.8 Å². The molecule has 2 heterocycles. The summed E-state index contributed by atoms with van der Waals surface area (Å²) >= 11 is 0. The van der Waals surface area contributed by atoms with Gasteiger partial charge < -0.3 is 4.90 Å². The van der Waals surface area contributed by atoms with Crippen LogP contribution in [0, 0.1) is 23.0 Å². The van der Waals surface area contributed by atoms with Crippen LogP contribution in [0.5, 0.6) is 0 Å². The summed E-state index contributed by atoms with van der Waals surface area (Å²) in [6, 6.07) is 16.5. The number of hydrogen-bond acceptors (Lipinski definition) is 8. The molecule has 3 aromatic rings. The smallest absolute Gasteiger partial charge is 0.351 e. The molecular formula is C23H26N6O4S. The Balaban J connectivity index is 1.47. The molecule has 0 bridgehead atoms. The van der Waals surface area contributed by atoms with Gasteiger partial charge in [-0.2, -0.15) is 0 Å². The van der Waals surface area contributed by atoms with E-state index in [0.717, 1.165) is 24.8 Å². The van der Waals surface area contributed by atoms with Crippen LogP contribution in [0.4, 0.5) is 17.3 Å². The molecule has 1 fully saturated rings. The van der Waals surface area contributed by atoms with Crippen LogP contribution >= 0.6 is 0 Å². The van der Waals surface area contributed by atoms with Gasteiger partial charge in [0.15, 0.2) is 0 Å². The molecule has 0 atom stereocenters. The largest absolute Gasteiger partial charge is 0.354 e. The molecule has 0 unspecified atom stereocenters. The highest BCUT2D eigenvalue weighted by molar-refractivity contribution is 7.89. The Labute approximate surface area is 198 Å². The minimum Gasteiger partial charge on any atom is -0.351 e. The van der Waals surface area contributed by atoms with E-state index in [4.69, 9.17) is 0 Å². The molecule has 11 heteroatoms. The highest BCUT2D eigenvalue weighted by Gasteiger charge is 2.30. The van der Waals surface area contributed by atoms with Gasteiger partial charge >= 0.3 is 5.69 Å². The van der Waals surface area contributed by atoms with Crippen molar-refractivity contribution in [2.75, 3.05) is 23.4 Å². The Kier molecular flexibility index (Phi) is 7.03. The number of benzene rings is 2. The van der Waals surface area contributed by atoms with Crippen LogP contribution in [0.25, 0.3) is 0 Å². The summed E-state index contributed by atoms with van der Waals surface area (Å²) in [6.45, 7) is 3.08. The molecule has 4 rings (SSSR count). The Morgan fingerprint density at radius 3 is 2.38 bits per heavy atom. The third-order valence-corrected chi connectivity index (χ3v) is 7.17. The van der Waals surface area contributed by atoms with E-state index < -0.39 is 14.9 Å². The quantitative estimate of drug-likeness (QED) is 0.369. The first-order chi connectivity index (χ1) is 16.3. The summed E-state index contributed by atoms with van der Waals surface area (Å²) in [5, 5.41) is 11.9. The van der Waals surface area contributed by atoms with Gasteiger partial charge in [0, 0.05) is 13.1 Å². The predicted octanol–water partition coefficient (Wildman–Crippen LogP) is 3.46. The average Bonchev–Trinajstić information content (AvgIpc) is 2.84. The number of piperidine rings is 1. The van der Waals surface area contributed by atoms with E-state index in [2.05, 4.69) is 32.4 Å². The first-order valence-corrected chi connectivity index (χ1v) is 12.4. The molecule has 0 saturated carbocycles. The molecular weight excluding hydrogens is 456 g/mol. The molecule has 1 aromatic heterocycles. The summed E-state index contributed by atoms with van der Waals surface area (Å²) in [7, 11) is -3.95. The van der Waals surface area contributed by atoms with Crippen molar-refractivity contribution in [1.82, 2.24) is 14.8 Å². The number of rotatable bonds is 8. The van der Waals surface area contributed by atoms with Crippen LogP contribution in [0.3, 0.4) is 0 Å². The predicted molar refractivity (Wildman–Crippen MR) is 129 cm³/mol. The summed E-state index contributed by atoms with van der Waals surface area (Å²) in [4.78, 5) is 23.5. The fraction of sp³-hybridized carbons (Fsp3) is 0.304. The Bertz CT molecular complexity index is 1240. The lowest BCUT2D eigenvalue weighted by Gasteiger charge is -2.32. The third-order valence-electron chi connectivity index (χ3n) is 5.90. The zero-order chi connectivity index (χ0) is 24.1.